The first-order valence-electron chi connectivity index (χ1n) is 7.11. The Morgan fingerprint density at radius 1 is 1.45 bits per heavy atom. The first-order chi connectivity index (χ1) is 9.27. The molecule has 1 aliphatic heterocycles. The number of carbonyl (C=O) groups excluding carboxylic acids is 1. The van der Waals surface area contributed by atoms with E-state index in [1.54, 1.807) is 12.0 Å². The van der Waals surface area contributed by atoms with Gasteiger partial charge in [0.1, 0.15) is 6.04 Å². The highest BCUT2D eigenvalue weighted by molar-refractivity contribution is 5.82. The fourth-order valence-corrected chi connectivity index (χ4v) is 2.48. The summed E-state index contributed by atoms with van der Waals surface area (Å²) < 4.78 is 5.44. The quantitative estimate of drug-likeness (QED) is 0.806. The van der Waals surface area contributed by atoms with Gasteiger partial charge in [-0.05, 0) is 32.1 Å². The van der Waals surface area contributed by atoms with Crippen molar-refractivity contribution in [2.75, 3.05) is 20.2 Å². The van der Waals surface area contributed by atoms with Gasteiger partial charge in [0.25, 0.3) is 0 Å². The van der Waals surface area contributed by atoms with E-state index in [4.69, 9.17) is 9.84 Å². The number of ether oxygens (including phenoxy) is 1. The first kappa shape index (κ1) is 16.8. The molecule has 2 N–H and O–H groups in total. The van der Waals surface area contributed by atoms with Crippen molar-refractivity contribution in [1.29, 1.82) is 0 Å². The van der Waals surface area contributed by atoms with Crippen LogP contribution in [-0.2, 0) is 9.53 Å². The van der Waals surface area contributed by atoms with Gasteiger partial charge in [0.15, 0.2) is 0 Å². The van der Waals surface area contributed by atoms with Crippen molar-refractivity contribution in [1.82, 2.24) is 10.2 Å². The summed E-state index contributed by atoms with van der Waals surface area (Å²) in [5.41, 5.74) is -0.341. The van der Waals surface area contributed by atoms with Crippen LogP contribution < -0.4 is 5.32 Å². The smallest absolute Gasteiger partial charge is 0.326 e. The van der Waals surface area contributed by atoms with Crippen LogP contribution in [0.3, 0.4) is 0 Å². The molecular formula is C14H26N2O4. The third-order valence-electron chi connectivity index (χ3n) is 3.74. The average molecular weight is 286 g/mol. The third-order valence-corrected chi connectivity index (χ3v) is 3.74. The molecule has 0 saturated carbocycles. The van der Waals surface area contributed by atoms with Crippen molar-refractivity contribution in [2.45, 2.75) is 51.7 Å². The van der Waals surface area contributed by atoms with E-state index in [9.17, 15) is 9.59 Å². The molecule has 0 spiro atoms. The van der Waals surface area contributed by atoms with Crippen LogP contribution in [-0.4, -0.2) is 53.8 Å². The van der Waals surface area contributed by atoms with Crippen LogP contribution in [0.1, 0.15) is 40.0 Å². The molecule has 116 valence electrons. The molecule has 20 heavy (non-hydrogen) atoms. The maximum Gasteiger partial charge on any atom is 0.326 e. The highest BCUT2D eigenvalue weighted by Crippen LogP contribution is 2.23. The molecule has 1 aliphatic rings. The highest BCUT2D eigenvalue weighted by Gasteiger charge is 2.34. The number of methoxy groups -OCH3 is 1. The number of rotatable bonds is 5. The Kier molecular flexibility index (Phi) is 5.80. The molecule has 0 aromatic heterocycles. The maximum atomic E-state index is 12.2. The van der Waals surface area contributed by atoms with E-state index in [-0.39, 0.29) is 17.6 Å². The Labute approximate surface area is 120 Å². The molecule has 2 unspecified atom stereocenters. The highest BCUT2D eigenvalue weighted by atomic mass is 16.5. The summed E-state index contributed by atoms with van der Waals surface area (Å²) in [5, 5.41) is 11.8. The summed E-state index contributed by atoms with van der Waals surface area (Å²) in [6, 6.07) is -1.15. The zero-order valence-electron chi connectivity index (χ0n) is 12.8. The number of piperidine rings is 1. The molecular weight excluding hydrogens is 260 g/mol. The second-order valence-corrected chi connectivity index (χ2v) is 6.15. The number of amides is 2. The Bertz CT molecular complexity index is 359. The number of hydrogen-bond donors (Lipinski definition) is 2. The van der Waals surface area contributed by atoms with Gasteiger partial charge in [-0.15, -0.1) is 0 Å². The maximum absolute atomic E-state index is 12.2. The van der Waals surface area contributed by atoms with E-state index in [0.717, 1.165) is 12.8 Å². The third kappa shape index (κ3) is 4.67. The molecule has 1 fully saturated rings. The number of nitrogens with zero attached hydrogens (tertiary/aromatic N) is 1. The minimum Gasteiger partial charge on any atom is -0.480 e. The van der Waals surface area contributed by atoms with Crippen LogP contribution in [0, 0.1) is 5.92 Å². The number of hydrogen-bond acceptors (Lipinski definition) is 3. The Hall–Kier alpha value is -1.30. The Morgan fingerprint density at radius 3 is 2.60 bits per heavy atom. The predicted octanol–water partition coefficient (Wildman–Crippen LogP) is 1.70. The second kappa shape index (κ2) is 6.92. The van der Waals surface area contributed by atoms with Gasteiger partial charge in [-0.1, -0.05) is 13.8 Å². The minimum absolute atomic E-state index is 0.210. The summed E-state index contributed by atoms with van der Waals surface area (Å²) in [7, 11) is 1.64. The molecule has 6 nitrogen and oxygen atoms in total. The van der Waals surface area contributed by atoms with E-state index in [0.29, 0.717) is 19.5 Å². The van der Waals surface area contributed by atoms with E-state index in [2.05, 4.69) is 5.32 Å². The van der Waals surface area contributed by atoms with Crippen molar-refractivity contribution in [3.8, 4) is 0 Å². The van der Waals surface area contributed by atoms with E-state index < -0.39 is 12.0 Å². The summed E-state index contributed by atoms with van der Waals surface area (Å²) in [6.45, 7) is 6.97. The lowest BCUT2D eigenvalue weighted by Crippen LogP contribution is -2.55. The number of urea groups is 1. The SMILES string of the molecule is COC1(C)CCCN(C(=O)NC(CC(C)C)C(=O)O)C1. The number of likely N-dealkylation sites (tertiary alicyclic amines) is 1. The molecule has 0 radical (unpaired) electrons. The summed E-state index contributed by atoms with van der Waals surface area (Å²) in [6.07, 6.45) is 2.19. The lowest BCUT2D eigenvalue weighted by atomic mass is 9.95. The van der Waals surface area contributed by atoms with Gasteiger partial charge in [-0.25, -0.2) is 9.59 Å². The van der Waals surface area contributed by atoms with E-state index in [1.165, 1.54) is 0 Å². The largest absolute Gasteiger partial charge is 0.480 e. The van der Waals surface area contributed by atoms with Crippen LogP contribution >= 0.6 is 0 Å². The van der Waals surface area contributed by atoms with Crippen LogP contribution in [0.2, 0.25) is 0 Å². The van der Waals surface area contributed by atoms with Crippen molar-refractivity contribution in [3.63, 3.8) is 0 Å². The number of carboxylic acid groups (broad SMARTS) is 1. The fourth-order valence-electron chi connectivity index (χ4n) is 2.48. The molecule has 1 heterocycles. The molecule has 0 aliphatic carbocycles. The van der Waals surface area contributed by atoms with Crippen molar-refractivity contribution < 1.29 is 19.4 Å². The van der Waals surface area contributed by atoms with Crippen LogP contribution in [0.4, 0.5) is 4.79 Å². The predicted molar refractivity (Wildman–Crippen MR) is 75.6 cm³/mol. The number of carboxylic acids is 1. The second-order valence-electron chi connectivity index (χ2n) is 6.15. The topological polar surface area (TPSA) is 78.9 Å². The molecule has 6 heteroatoms. The van der Waals surface area contributed by atoms with Gasteiger partial charge >= 0.3 is 12.0 Å². The zero-order valence-corrected chi connectivity index (χ0v) is 12.8. The minimum atomic E-state index is -0.987. The monoisotopic (exact) mass is 286 g/mol. The average Bonchev–Trinajstić information content (AvgIpc) is 2.37. The van der Waals surface area contributed by atoms with Crippen molar-refractivity contribution in [2.24, 2.45) is 5.92 Å². The van der Waals surface area contributed by atoms with Crippen molar-refractivity contribution in [3.05, 3.63) is 0 Å². The van der Waals surface area contributed by atoms with E-state index in [1.807, 2.05) is 20.8 Å². The number of aliphatic carboxylic acids is 1. The fraction of sp³-hybridized carbons (Fsp3) is 0.857. The van der Waals surface area contributed by atoms with Crippen LogP contribution in [0.5, 0.6) is 0 Å². The zero-order chi connectivity index (χ0) is 15.3. The summed E-state index contributed by atoms with van der Waals surface area (Å²) >= 11 is 0. The van der Waals surface area contributed by atoms with E-state index >= 15 is 0 Å². The van der Waals surface area contributed by atoms with Gasteiger partial charge in [-0.2, -0.15) is 0 Å². The number of nitrogens with one attached hydrogen (secondary N) is 1. The summed E-state index contributed by atoms with van der Waals surface area (Å²) in [5.74, 6) is -0.777. The van der Waals surface area contributed by atoms with Gasteiger partial charge in [0, 0.05) is 13.7 Å². The summed E-state index contributed by atoms with van der Waals surface area (Å²) in [4.78, 5) is 25.0. The lowest BCUT2D eigenvalue weighted by molar-refractivity contribution is -0.139. The normalized spacial score (nSPS) is 24.6. The van der Waals surface area contributed by atoms with Gasteiger partial charge in [0.05, 0.1) is 12.1 Å². The molecule has 2 amide bonds. The van der Waals surface area contributed by atoms with Crippen LogP contribution in [0.25, 0.3) is 0 Å². The molecule has 0 aromatic carbocycles. The Morgan fingerprint density at radius 2 is 2.10 bits per heavy atom. The molecule has 2 atom stereocenters. The van der Waals surface area contributed by atoms with Gasteiger partial charge < -0.3 is 20.1 Å². The number of carbonyl (C=O) groups is 2. The molecule has 1 rings (SSSR count). The molecule has 0 aromatic rings. The Balaban J connectivity index is 2.62. The standard InChI is InChI=1S/C14H26N2O4/c1-10(2)8-11(12(17)18)15-13(19)16-7-5-6-14(3,9-16)20-4/h10-11H,5-9H2,1-4H3,(H,15,19)(H,17,18). The molecule has 1 saturated heterocycles. The van der Waals surface area contributed by atoms with Crippen LogP contribution in [0.15, 0.2) is 0 Å². The van der Waals surface area contributed by atoms with Gasteiger partial charge in [-0.3, -0.25) is 0 Å². The van der Waals surface area contributed by atoms with Crippen molar-refractivity contribution >= 4 is 12.0 Å². The first-order valence-corrected chi connectivity index (χ1v) is 7.11. The lowest BCUT2D eigenvalue weighted by Gasteiger charge is -2.39. The molecule has 0 bridgehead atoms. The van der Waals surface area contributed by atoms with Gasteiger partial charge in [0.2, 0.25) is 0 Å².